The highest BCUT2D eigenvalue weighted by molar-refractivity contribution is 7.78. The van der Waals surface area contributed by atoms with Crippen molar-refractivity contribution in [3.63, 3.8) is 0 Å². The molecule has 0 aliphatic heterocycles. The summed E-state index contributed by atoms with van der Waals surface area (Å²) in [5.41, 5.74) is 0.994. The molecule has 0 saturated heterocycles. The molecule has 0 bridgehead atoms. The zero-order chi connectivity index (χ0) is 17.0. The third kappa shape index (κ3) is 3.87. The lowest BCUT2D eigenvalue weighted by Gasteiger charge is -2.25. The highest BCUT2D eigenvalue weighted by Crippen LogP contribution is 2.44. The molecule has 0 heterocycles. The molecule has 3 nitrogen and oxygen atoms in total. The highest BCUT2D eigenvalue weighted by Gasteiger charge is 2.27. The second-order valence-electron chi connectivity index (χ2n) is 6.41. The van der Waals surface area contributed by atoms with Gasteiger partial charge in [0, 0.05) is 16.8 Å². The number of aliphatic hydroxyl groups excluding tert-OH is 2. The predicted octanol–water partition coefficient (Wildman–Crippen LogP) is 2.83. The fourth-order valence-electron chi connectivity index (χ4n) is 3.29. The van der Waals surface area contributed by atoms with Gasteiger partial charge >= 0.3 is 0 Å². The number of hydrogen-bond donors (Lipinski definition) is 2. The Kier molecular flexibility index (Phi) is 5.35. The standard InChI is InChI=1S/C20H23O3P/c21-17-13-16(14-18(22)15-17)11-12-24(23,19-7-3-1-4-8-19)20-9-5-2-6-10-20/h1-11,17-18,21-22H,12-15H2/b16-11-/t17?,18-/m1/s1. The van der Waals surface area contributed by atoms with Crippen molar-refractivity contribution in [2.75, 3.05) is 6.16 Å². The lowest BCUT2D eigenvalue weighted by molar-refractivity contribution is 0.0609. The minimum atomic E-state index is -2.77. The van der Waals surface area contributed by atoms with Crippen molar-refractivity contribution in [2.24, 2.45) is 0 Å². The van der Waals surface area contributed by atoms with Crippen molar-refractivity contribution >= 4 is 17.8 Å². The lowest BCUT2D eigenvalue weighted by Crippen LogP contribution is -2.25. The molecular weight excluding hydrogens is 319 g/mol. The Morgan fingerprint density at radius 1 is 0.875 bits per heavy atom. The Labute approximate surface area is 143 Å². The molecule has 1 aliphatic rings. The maximum atomic E-state index is 13.9. The fraction of sp³-hybridized carbons (Fsp3) is 0.300. The van der Waals surface area contributed by atoms with Gasteiger partial charge in [-0.25, -0.2) is 0 Å². The summed E-state index contributed by atoms with van der Waals surface area (Å²) in [5, 5.41) is 21.4. The van der Waals surface area contributed by atoms with Crippen molar-refractivity contribution in [1.82, 2.24) is 0 Å². The van der Waals surface area contributed by atoms with Gasteiger partial charge in [0.05, 0.1) is 12.2 Å². The molecule has 1 fully saturated rings. The Morgan fingerprint density at radius 3 is 1.79 bits per heavy atom. The van der Waals surface area contributed by atoms with Crippen LogP contribution in [0.2, 0.25) is 0 Å². The van der Waals surface area contributed by atoms with E-state index in [1.165, 1.54) is 0 Å². The maximum Gasteiger partial charge on any atom is 0.146 e. The van der Waals surface area contributed by atoms with E-state index in [9.17, 15) is 14.8 Å². The normalized spacial score (nSPS) is 23.3. The van der Waals surface area contributed by atoms with E-state index in [2.05, 4.69) is 0 Å². The monoisotopic (exact) mass is 342 g/mol. The first-order chi connectivity index (χ1) is 11.6. The van der Waals surface area contributed by atoms with Crippen molar-refractivity contribution in [3.8, 4) is 0 Å². The van der Waals surface area contributed by atoms with Gasteiger partial charge in [0.1, 0.15) is 7.14 Å². The predicted molar refractivity (Wildman–Crippen MR) is 98.6 cm³/mol. The molecule has 2 atom stereocenters. The van der Waals surface area contributed by atoms with Gasteiger partial charge in [0.15, 0.2) is 0 Å². The van der Waals surface area contributed by atoms with Crippen LogP contribution in [0.4, 0.5) is 0 Å². The summed E-state index contributed by atoms with van der Waals surface area (Å²) >= 11 is 0. The molecule has 0 aromatic heterocycles. The quantitative estimate of drug-likeness (QED) is 0.664. The summed E-state index contributed by atoms with van der Waals surface area (Å²) in [4.78, 5) is 0. The van der Waals surface area contributed by atoms with Crippen molar-refractivity contribution in [3.05, 3.63) is 72.3 Å². The van der Waals surface area contributed by atoms with E-state index in [-0.39, 0.29) is 0 Å². The summed E-state index contributed by atoms with van der Waals surface area (Å²) in [5.74, 6) is 0. The summed E-state index contributed by atoms with van der Waals surface area (Å²) < 4.78 is 13.9. The smallest absolute Gasteiger partial charge is 0.146 e. The first kappa shape index (κ1) is 17.2. The molecule has 1 aliphatic carbocycles. The van der Waals surface area contributed by atoms with Gasteiger partial charge in [-0.3, -0.25) is 0 Å². The summed E-state index contributed by atoms with van der Waals surface area (Å²) in [6.45, 7) is 0. The molecule has 3 rings (SSSR count). The minimum Gasteiger partial charge on any atom is -0.393 e. The van der Waals surface area contributed by atoms with Gasteiger partial charge in [0.25, 0.3) is 0 Å². The largest absolute Gasteiger partial charge is 0.393 e. The second-order valence-corrected chi connectivity index (χ2v) is 9.28. The van der Waals surface area contributed by atoms with Crippen LogP contribution in [0.5, 0.6) is 0 Å². The second kappa shape index (κ2) is 7.48. The average Bonchev–Trinajstić information content (AvgIpc) is 2.60. The Hall–Kier alpha value is -1.67. The zero-order valence-corrected chi connectivity index (χ0v) is 14.5. The van der Waals surface area contributed by atoms with Crippen LogP contribution in [0.15, 0.2) is 72.3 Å². The molecule has 2 N–H and O–H groups in total. The molecule has 0 amide bonds. The summed E-state index contributed by atoms with van der Waals surface area (Å²) in [6, 6.07) is 19.1. The molecule has 0 spiro atoms. The van der Waals surface area contributed by atoms with E-state index < -0.39 is 19.3 Å². The number of aliphatic hydroxyl groups is 2. The molecule has 1 saturated carbocycles. The van der Waals surface area contributed by atoms with Gasteiger partial charge in [-0.05, 0) is 19.3 Å². The number of allylic oxidation sites excluding steroid dienone is 1. The van der Waals surface area contributed by atoms with Crippen LogP contribution in [0, 0.1) is 0 Å². The molecular formula is C20H23O3P. The van der Waals surface area contributed by atoms with Crippen LogP contribution in [0.3, 0.4) is 0 Å². The van der Waals surface area contributed by atoms with Crippen LogP contribution in [0.1, 0.15) is 19.3 Å². The van der Waals surface area contributed by atoms with Crippen LogP contribution in [-0.4, -0.2) is 28.6 Å². The third-order valence-corrected chi connectivity index (χ3v) is 7.48. The van der Waals surface area contributed by atoms with Crippen molar-refractivity contribution in [1.29, 1.82) is 0 Å². The van der Waals surface area contributed by atoms with Crippen molar-refractivity contribution < 1.29 is 14.8 Å². The molecule has 24 heavy (non-hydrogen) atoms. The Morgan fingerprint density at radius 2 is 1.33 bits per heavy atom. The molecule has 2 aromatic rings. The van der Waals surface area contributed by atoms with E-state index in [1.807, 2.05) is 66.7 Å². The van der Waals surface area contributed by atoms with Crippen LogP contribution in [-0.2, 0) is 4.57 Å². The van der Waals surface area contributed by atoms with Crippen LogP contribution < -0.4 is 10.6 Å². The van der Waals surface area contributed by atoms with E-state index >= 15 is 0 Å². The van der Waals surface area contributed by atoms with E-state index in [0.29, 0.717) is 25.4 Å². The highest BCUT2D eigenvalue weighted by atomic mass is 31.2. The topological polar surface area (TPSA) is 57.5 Å². The maximum absolute atomic E-state index is 13.9. The van der Waals surface area contributed by atoms with Crippen molar-refractivity contribution in [2.45, 2.75) is 31.5 Å². The summed E-state index contributed by atoms with van der Waals surface area (Å²) in [6.07, 6.45) is 2.90. The zero-order valence-electron chi connectivity index (χ0n) is 13.6. The lowest BCUT2D eigenvalue weighted by atomic mass is 9.90. The molecule has 126 valence electrons. The average molecular weight is 342 g/mol. The third-order valence-electron chi connectivity index (χ3n) is 4.52. The first-order valence-electron chi connectivity index (χ1n) is 8.32. The van der Waals surface area contributed by atoms with Gasteiger partial charge in [-0.1, -0.05) is 72.3 Å². The summed E-state index contributed by atoms with van der Waals surface area (Å²) in [7, 11) is -2.77. The number of hydrogen-bond acceptors (Lipinski definition) is 3. The van der Waals surface area contributed by atoms with E-state index in [4.69, 9.17) is 0 Å². The first-order valence-corrected chi connectivity index (χ1v) is 10.2. The number of benzene rings is 2. The molecule has 2 aromatic carbocycles. The molecule has 1 unspecified atom stereocenters. The van der Waals surface area contributed by atoms with Gasteiger partial charge in [0.2, 0.25) is 0 Å². The van der Waals surface area contributed by atoms with Gasteiger partial charge in [-0.2, -0.15) is 0 Å². The number of rotatable bonds is 4. The van der Waals surface area contributed by atoms with Crippen LogP contribution >= 0.6 is 7.14 Å². The molecule has 4 heteroatoms. The van der Waals surface area contributed by atoms with E-state index in [1.54, 1.807) is 0 Å². The van der Waals surface area contributed by atoms with Gasteiger partial charge in [-0.15, -0.1) is 0 Å². The molecule has 0 radical (unpaired) electrons. The SMILES string of the molecule is O=P(C/C=C1/CC(O)C[C@H](O)C1)(c1ccccc1)c1ccccc1. The van der Waals surface area contributed by atoms with E-state index in [0.717, 1.165) is 16.2 Å². The Balaban J connectivity index is 1.93. The Bertz CT molecular complexity index is 684. The fourth-order valence-corrected chi connectivity index (χ4v) is 5.83. The van der Waals surface area contributed by atoms with Crippen LogP contribution in [0.25, 0.3) is 0 Å². The minimum absolute atomic E-state index is 0.413. The van der Waals surface area contributed by atoms with Gasteiger partial charge < -0.3 is 14.8 Å².